The van der Waals surface area contributed by atoms with E-state index >= 15 is 0 Å². The Hall–Kier alpha value is -2.47. The Labute approximate surface area is 183 Å². The molecule has 0 radical (unpaired) electrons. The fourth-order valence-electron chi connectivity index (χ4n) is 3.86. The third kappa shape index (κ3) is 6.02. The number of hydrogen-bond donors (Lipinski definition) is 2. The summed E-state index contributed by atoms with van der Waals surface area (Å²) in [6, 6.07) is 18.1. The molecule has 1 heterocycles. The average Bonchev–Trinajstić information content (AvgIpc) is 2.79. The van der Waals surface area contributed by atoms with Gasteiger partial charge in [0.05, 0.1) is 5.92 Å². The maximum atomic E-state index is 13.0. The van der Waals surface area contributed by atoms with Gasteiger partial charge in [-0.1, -0.05) is 49.4 Å². The highest BCUT2D eigenvalue weighted by Crippen LogP contribution is 2.24. The van der Waals surface area contributed by atoms with Crippen molar-refractivity contribution < 1.29 is 9.59 Å². The summed E-state index contributed by atoms with van der Waals surface area (Å²) in [5, 5.41) is 5.98. The Bertz CT molecular complexity index is 818. The Morgan fingerprint density at radius 2 is 1.73 bits per heavy atom. The van der Waals surface area contributed by atoms with Gasteiger partial charge in [0.25, 0.3) is 0 Å². The number of benzene rings is 2. The van der Waals surface area contributed by atoms with Crippen molar-refractivity contribution in [2.24, 2.45) is 0 Å². The molecule has 3 amide bonds. The van der Waals surface area contributed by atoms with Gasteiger partial charge in [-0.15, -0.1) is 11.8 Å². The summed E-state index contributed by atoms with van der Waals surface area (Å²) in [5.41, 5.74) is 2.16. The fraction of sp³-hybridized carbons (Fsp3) is 0.417. The molecule has 30 heavy (non-hydrogen) atoms. The summed E-state index contributed by atoms with van der Waals surface area (Å²) in [4.78, 5) is 28.4. The predicted octanol–water partition coefficient (Wildman–Crippen LogP) is 4.39. The molecule has 5 nitrogen and oxygen atoms in total. The van der Waals surface area contributed by atoms with Gasteiger partial charge in [0, 0.05) is 30.6 Å². The maximum absolute atomic E-state index is 13.0. The first kappa shape index (κ1) is 22.2. The number of nitrogens with one attached hydrogen (secondary N) is 2. The minimum atomic E-state index is -0.149. The zero-order valence-corrected chi connectivity index (χ0v) is 18.6. The molecule has 0 spiro atoms. The van der Waals surface area contributed by atoms with E-state index in [1.165, 1.54) is 4.90 Å². The predicted molar refractivity (Wildman–Crippen MR) is 123 cm³/mol. The van der Waals surface area contributed by atoms with Crippen LogP contribution in [0.3, 0.4) is 0 Å². The van der Waals surface area contributed by atoms with Gasteiger partial charge in [-0.2, -0.15) is 0 Å². The molecule has 2 aromatic rings. The van der Waals surface area contributed by atoms with Crippen LogP contribution in [0.5, 0.6) is 0 Å². The molecule has 1 aliphatic heterocycles. The lowest BCUT2D eigenvalue weighted by Gasteiger charge is -2.34. The van der Waals surface area contributed by atoms with Gasteiger partial charge in [-0.3, -0.25) is 4.79 Å². The lowest BCUT2D eigenvalue weighted by Crippen LogP contribution is -2.49. The van der Waals surface area contributed by atoms with Crippen molar-refractivity contribution in [2.75, 3.05) is 19.3 Å². The van der Waals surface area contributed by atoms with Gasteiger partial charge in [0.2, 0.25) is 5.91 Å². The fourth-order valence-corrected chi connectivity index (χ4v) is 4.27. The summed E-state index contributed by atoms with van der Waals surface area (Å²) < 4.78 is 0. The molecule has 2 N–H and O–H groups in total. The van der Waals surface area contributed by atoms with Gasteiger partial charge in [-0.25, -0.2) is 4.79 Å². The maximum Gasteiger partial charge on any atom is 0.315 e. The lowest BCUT2D eigenvalue weighted by atomic mass is 9.93. The van der Waals surface area contributed by atoms with Crippen molar-refractivity contribution in [1.82, 2.24) is 15.5 Å². The number of piperidine rings is 1. The van der Waals surface area contributed by atoms with Gasteiger partial charge < -0.3 is 15.5 Å². The average molecular weight is 426 g/mol. The summed E-state index contributed by atoms with van der Waals surface area (Å²) in [5.74, 6) is 0.108. The van der Waals surface area contributed by atoms with Crippen LogP contribution in [0.1, 0.15) is 43.2 Å². The molecule has 2 aromatic carbocycles. The van der Waals surface area contributed by atoms with E-state index in [1.807, 2.05) is 53.6 Å². The second kappa shape index (κ2) is 11.1. The van der Waals surface area contributed by atoms with E-state index in [4.69, 9.17) is 0 Å². The number of rotatable bonds is 7. The van der Waals surface area contributed by atoms with Crippen LogP contribution >= 0.6 is 11.8 Å². The van der Waals surface area contributed by atoms with Crippen LogP contribution in [-0.2, 0) is 11.3 Å². The molecule has 0 aliphatic carbocycles. The summed E-state index contributed by atoms with van der Waals surface area (Å²) >= 11 is 1.70. The standard InChI is InChI=1S/C24H31N3O2S/c1-3-22(19-7-5-4-6-8-19)23(28)27-15-13-20(14-16-27)26-24(29)25-17-18-9-11-21(30-2)12-10-18/h4-12,20,22H,3,13-17H2,1-2H3,(H2,25,26,29). The van der Waals surface area contributed by atoms with Crippen LogP contribution < -0.4 is 10.6 Å². The molecule has 0 aromatic heterocycles. The smallest absolute Gasteiger partial charge is 0.315 e. The number of likely N-dealkylation sites (tertiary alicyclic amines) is 1. The van der Waals surface area contributed by atoms with E-state index in [-0.39, 0.29) is 23.9 Å². The van der Waals surface area contributed by atoms with Gasteiger partial charge in [-0.05, 0) is 48.8 Å². The minimum Gasteiger partial charge on any atom is -0.342 e. The van der Waals surface area contributed by atoms with Gasteiger partial charge in [0.1, 0.15) is 0 Å². The van der Waals surface area contributed by atoms with Crippen molar-refractivity contribution >= 4 is 23.7 Å². The number of carbonyl (C=O) groups is 2. The van der Waals surface area contributed by atoms with E-state index in [0.717, 1.165) is 30.4 Å². The van der Waals surface area contributed by atoms with Crippen LogP contribution in [-0.4, -0.2) is 42.2 Å². The molecule has 3 rings (SSSR count). The monoisotopic (exact) mass is 425 g/mol. The van der Waals surface area contributed by atoms with Crippen LogP contribution in [0.15, 0.2) is 59.5 Å². The normalized spacial score (nSPS) is 15.5. The van der Waals surface area contributed by atoms with Crippen LogP contribution in [0.25, 0.3) is 0 Å². The summed E-state index contributed by atoms with van der Waals surface area (Å²) in [6.07, 6.45) is 4.41. The van der Waals surface area contributed by atoms with E-state index < -0.39 is 0 Å². The number of urea groups is 1. The zero-order chi connectivity index (χ0) is 21.3. The Morgan fingerprint density at radius 3 is 2.33 bits per heavy atom. The SMILES string of the molecule is CCC(C(=O)N1CCC(NC(=O)NCc2ccc(SC)cc2)CC1)c1ccccc1. The van der Waals surface area contributed by atoms with E-state index in [2.05, 4.69) is 29.7 Å². The first-order chi connectivity index (χ1) is 14.6. The Morgan fingerprint density at radius 1 is 1.07 bits per heavy atom. The van der Waals surface area contributed by atoms with E-state index in [9.17, 15) is 9.59 Å². The highest BCUT2D eigenvalue weighted by Gasteiger charge is 2.28. The highest BCUT2D eigenvalue weighted by molar-refractivity contribution is 7.98. The number of nitrogens with zero attached hydrogens (tertiary/aromatic N) is 1. The quantitative estimate of drug-likeness (QED) is 0.647. The Kier molecular flexibility index (Phi) is 8.20. The molecule has 160 valence electrons. The van der Waals surface area contributed by atoms with Crippen molar-refractivity contribution in [3.8, 4) is 0 Å². The van der Waals surface area contributed by atoms with Crippen LogP contribution in [0.4, 0.5) is 4.79 Å². The number of carbonyl (C=O) groups excluding carboxylic acids is 2. The topological polar surface area (TPSA) is 61.4 Å². The van der Waals surface area contributed by atoms with Crippen molar-refractivity contribution in [3.05, 3.63) is 65.7 Å². The number of amides is 3. The number of thioether (sulfide) groups is 1. The highest BCUT2D eigenvalue weighted by atomic mass is 32.2. The molecule has 1 fully saturated rings. The molecular weight excluding hydrogens is 394 g/mol. The third-order valence-corrected chi connectivity index (χ3v) is 6.41. The van der Waals surface area contributed by atoms with Gasteiger partial charge >= 0.3 is 6.03 Å². The first-order valence-electron chi connectivity index (χ1n) is 10.6. The van der Waals surface area contributed by atoms with E-state index in [1.54, 1.807) is 11.8 Å². The van der Waals surface area contributed by atoms with E-state index in [0.29, 0.717) is 19.6 Å². The lowest BCUT2D eigenvalue weighted by molar-refractivity contribution is -0.134. The second-order valence-electron chi connectivity index (χ2n) is 7.65. The summed E-state index contributed by atoms with van der Waals surface area (Å²) in [7, 11) is 0. The minimum absolute atomic E-state index is 0.0866. The first-order valence-corrected chi connectivity index (χ1v) is 11.8. The van der Waals surface area contributed by atoms with Crippen molar-refractivity contribution in [2.45, 2.75) is 49.6 Å². The molecule has 0 saturated carbocycles. The Balaban J connectivity index is 1.43. The molecular formula is C24H31N3O2S. The van der Waals surface area contributed by atoms with Crippen LogP contribution in [0, 0.1) is 0 Å². The zero-order valence-electron chi connectivity index (χ0n) is 17.8. The van der Waals surface area contributed by atoms with Gasteiger partial charge in [0.15, 0.2) is 0 Å². The molecule has 1 unspecified atom stereocenters. The van der Waals surface area contributed by atoms with Crippen molar-refractivity contribution in [3.63, 3.8) is 0 Å². The second-order valence-corrected chi connectivity index (χ2v) is 8.53. The summed E-state index contributed by atoms with van der Waals surface area (Å²) in [6.45, 7) is 3.93. The number of hydrogen-bond acceptors (Lipinski definition) is 3. The molecule has 1 saturated heterocycles. The molecule has 0 bridgehead atoms. The third-order valence-electron chi connectivity index (χ3n) is 5.66. The molecule has 1 atom stereocenters. The molecule has 6 heteroatoms. The largest absolute Gasteiger partial charge is 0.342 e. The van der Waals surface area contributed by atoms with Crippen molar-refractivity contribution in [1.29, 1.82) is 0 Å². The van der Waals surface area contributed by atoms with Crippen LogP contribution in [0.2, 0.25) is 0 Å². The molecule has 1 aliphatic rings.